The molecular formula is C18H33N3O. The Bertz CT molecular complexity index is 359. The number of nitrogens with two attached hydrogens (primary N) is 1. The van der Waals surface area contributed by atoms with E-state index in [1.807, 2.05) is 0 Å². The lowest BCUT2D eigenvalue weighted by Gasteiger charge is -2.39. The van der Waals surface area contributed by atoms with Crippen LogP contribution in [0.1, 0.15) is 70.6 Å². The average molecular weight is 307 g/mol. The van der Waals surface area contributed by atoms with Gasteiger partial charge in [0.2, 0.25) is 5.91 Å². The number of amides is 1. The van der Waals surface area contributed by atoms with E-state index in [1.165, 1.54) is 45.2 Å². The first-order valence-corrected chi connectivity index (χ1v) is 9.52. The normalized spacial score (nSPS) is 32.8. The van der Waals surface area contributed by atoms with Crippen LogP contribution in [-0.2, 0) is 4.79 Å². The van der Waals surface area contributed by atoms with Crippen LogP contribution in [0.5, 0.6) is 0 Å². The van der Waals surface area contributed by atoms with Crippen molar-refractivity contribution < 1.29 is 4.79 Å². The van der Waals surface area contributed by atoms with E-state index < -0.39 is 0 Å². The second-order valence-electron chi connectivity index (χ2n) is 7.73. The minimum atomic E-state index is 0.167. The molecule has 126 valence electrons. The van der Waals surface area contributed by atoms with Gasteiger partial charge in [-0.25, -0.2) is 0 Å². The van der Waals surface area contributed by atoms with E-state index in [4.69, 9.17) is 5.73 Å². The van der Waals surface area contributed by atoms with Crippen molar-refractivity contribution >= 4 is 5.91 Å². The summed E-state index contributed by atoms with van der Waals surface area (Å²) in [6.45, 7) is 2.33. The Morgan fingerprint density at radius 2 is 1.64 bits per heavy atom. The summed E-state index contributed by atoms with van der Waals surface area (Å²) in [4.78, 5) is 15.1. The minimum absolute atomic E-state index is 0.167. The van der Waals surface area contributed by atoms with Crippen LogP contribution in [0.15, 0.2) is 0 Å². The van der Waals surface area contributed by atoms with Gasteiger partial charge < -0.3 is 16.0 Å². The lowest BCUT2D eigenvalue weighted by Crippen LogP contribution is -2.50. The van der Waals surface area contributed by atoms with Gasteiger partial charge in [-0.3, -0.25) is 4.79 Å². The molecular weight excluding hydrogens is 274 g/mol. The van der Waals surface area contributed by atoms with Crippen molar-refractivity contribution in [1.82, 2.24) is 10.2 Å². The van der Waals surface area contributed by atoms with Crippen LogP contribution < -0.4 is 11.1 Å². The molecule has 3 rings (SSSR count). The van der Waals surface area contributed by atoms with Crippen molar-refractivity contribution in [1.29, 1.82) is 0 Å². The first kappa shape index (κ1) is 16.3. The predicted molar refractivity (Wildman–Crippen MR) is 89.5 cm³/mol. The molecule has 1 heterocycles. The number of nitrogens with one attached hydrogen (secondary N) is 1. The molecule has 4 heteroatoms. The van der Waals surface area contributed by atoms with Gasteiger partial charge in [0.05, 0.1) is 0 Å². The maximum atomic E-state index is 12.4. The zero-order valence-electron chi connectivity index (χ0n) is 13.9. The number of hydrogen-bond donors (Lipinski definition) is 2. The fourth-order valence-electron chi connectivity index (χ4n) is 4.64. The van der Waals surface area contributed by atoms with E-state index in [0.717, 1.165) is 44.6 Å². The van der Waals surface area contributed by atoms with Crippen LogP contribution in [0.3, 0.4) is 0 Å². The largest absolute Gasteiger partial charge is 0.353 e. The molecule has 1 saturated heterocycles. The monoisotopic (exact) mass is 307 g/mol. The van der Waals surface area contributed by atoms with Gasteiger partial charge >= 0.3 is 0 Å². The molecule has 3 aliphatic rings. The lowest BCUT2D eigenvalue weighted by atomic mass is 9.85. The van der Waals surface area contributed by atoms with Crippen LogP contribution in [-0.4, -0.2) is 42.0 Å². The summed E-state index contributed by atoms with van der Waals surface area (Å²) >= 11 is 0. The molecule has 4 nitrogen and oxygen atoms in total. The van der Waals surface area contributed by atoms with E-state index in [9.17, 15) is 4.79 Å². The molecule has 0 radical (unpaired) electrons. The number of likely N-dealkylation sites (tertiary alicyclic amines) is 1. The van der Waals surface area contributed by atoms with Crippen molar-refractivity contribution in [2.24, 2.45) is 11.7 Å². The third-order valence-electron chi connectivity index (χ3n) is 6.05. The Hall–Kier alpha value is -0.610. The number of nitrogens with zero attached hydrogens (tertiary/aromatic N) is 1. The lowest BCUT2D eigenvalue weighted by molar-refractivity contribution is -0.127. The van der Waals surface area contributed by atoms with Gasteiger partial charge in [-0.2, -0.15) is 0 Å². The zero-order valence-corrected chi connectivity index (χ0v) is 13.9. The van der Waals surface area contributed by atoms with Gasteiger partial charge in [-0.05, 0) is 44.9 Å². The highest BCUT2D eigenvalue weighted by Crippen LogP contribution is 2.26. The highest BCUT2D eigenvalue weighted by Gasteiger charge is 2.30. The SMILES string of the molecule is NC1CCCC(C(=O)NC2CCN(C3CCCCC3)CC2)C1. The van der Waals surface area contributed by atoms with Gasteiger partial charge in [0, 0.05) is 37.1 Å². The number of hydrogen-bond acceptors (Lipinski definition) is 3. The topological polar surface area (TPSA) is 58.4 Å². The van der Waals surface area contributed by atoms with E-state index >= 15 is 0 Å². The van der Waals surface area contributed by atoms with Crippen molar-refractivity contribution in [3.8, 4) is 0 Å². The van der Waals surface area contributed by atoms with E-state index in [2.05, 4.69) is 10.2 Å². The van der Waals surface area contributed by atoms with Gasteiger partial charge in [-0.15, -0.1) is 0 Å². The number of carbonyl (C=O) groups excluding carboxylic acids is 1. The van der Waals surface area contributed by atoms with E-state index in [-0.39, 0.29) is 17.9 Å². The fourth-order valence-corrected chi connectivity index (χ4v) is 4.64. The average Bonchev–Trinajstić information content (AvgIpc) is 2.56. The summed E-state index contributed by atoms with van der Waals surface area (Å²) in [5.74, 6) is 0.436. The molecule has 2 atom stereocenters. The second kappa shape index (κ2) is 7.78. The fraction of sp³-hybridized carbons (Fsp3) is 0.944. The molecule has 0 aromatic heterocycles. The number of carbonyl (C=O) groups is 1. The Morgan fingerprint density at radius 3 is 2.32 bits per heavy atom. The molecule has 1 aliphatic heterocycles. The Kier molecular flexibility index (Phi) is 5.75. The van der Waals surface area contributed by atoms with Gasteiger partial charge in [0.1, 0.15) is 0 Å². The Labute approximate surface area is 135 Å². The van der Waals surface area contributed by atoms with E-state index in [1.54, 1.807) is 0 Å². The van der Waals surface area contributed by atoms with Crippen molar-refractivity contribution in [2.75, 3.05) is 13.1 Å². The third kappa shape index (κ3) is 4.23. The second-order valence-corrected chi connectivity index (χ2v) is 7.73. The highest BCUT2D eigenvalue weighted by molar-refractivity contribution is 5.79. The zero-order chi connectivity index (χ0) is 15.4. The summed E-state index contributed by atoms with van der Waals surface area (Å²) in [6.07, 6.45) is 13.4. The van der Waals surface area contributed by atoms with Crippen LogP contribution in [0.2, 0.25) is 0 Å². The van der Waals surface area contributed by atoms with Crippen LogP contribution in [0, 0.1) is 5.92 Å². The molecule has 0 bridgehead atoms. The Morgan fingerprint density at radius 1 is 0.909 bits per heavy atom. The highest BCUT2D eigenvalue weighted by atomic mass is 16.1. The molecule has 3 N–H and O–H groups in total. The molecule has 0 spiro atoms. The molecule has 2 saturated carbocycles. The molecule has 2 aliphatic carbocycles. The molecule has 22 heavy (non-hydrogen) atoms. The van der Waals surface area contributed by atoms with E-state index in [0.29, 0.717) is 6.04 Å². The molecule has 0 aromatic rings. The van der Waals surface area contributed by atoms with Gasteiger partial charge in [0.25, 0.3) is 0 Å². The quantitative estimate of drug-likeness (QED) is 0.842. The van der Waals surface area contributed by atoms with Crippen molar-refractivity contribution in [2.45, 2.75) is 88.8 Å². The summed E-state index contributed by atoms with van der Waals surface area (Å²) in [6, 6.07) is 1.45. The third-order valence-corrected chi connectivity index (χ3v) is 6.05. The predicted octanol–water partition coefficient (Wildman–Crippen LogP) is 2.42. The standard InChI is InChI=1S/C18H33N3O/c19-15-6-4-5-14(13-15)18(22)20-16-9-11-21(12-10-16)17-7-2-1-3-8-17/h14-17H,1-13,19H2,(H,20,22). The molecule has 1 amide bonds. The summed E-state index contributed by atoms with van der Waals surface area (Å²) in [5.41, 5.74) is 6.01. The first-order valence-electron chi connectivity index (χ1n) is 9.52. The van der Waals surface area contributed by atoms with Crippen LogP contribution in [0.4, 0.5) is 0 Å². The molecule has 2 unspecified atom stereocenters. The maximum absolute atomic E-state index is 12.4. The van der Waals surface area contributed by atoms with Gasteiger partial charge in [0.15, 0.2) is 0 Å². The van der Waals surface area contributed by atoms with Crippen molar-refractivity contribution in [3.05, 3.63) is 0 Å². The smallest absolute Gasteiger partial charge is 0.223 e. The molecule has 0 aromatic carbocycles. The van der Waals surface area contributed by atoms with Crippen LogP contribution >= 0.6 is 0 Å². The number of piperidine rings is 1. The summed E-state index contributed by atoms with van der Waals surface area (Å²) in [5, 5.41) is 3.31. The summed E-state index contributed by atoms with van der Waals surface area (Å²) in [7, 11) is 0. The minimum Gasteiger partial charge on any atom is -0.353 e. The first-order chi connectivity index (χ1) is 10.7. The van der Waals surface area contributed by atoms with Crippen molar-refractivity contribution in [3.63, 3.8) is 0 Å². The maximum Gasteiger partial charge on any atom is 0.223 e. The summed E-state index contributed by atoms with van der Waals surface area (Å²) < 4.78 is 0. The number of rotatable bonds is 3. The van der Waals surface area contributed by atoms with Crippen LogP contribution in [0.25, 0.3) is 0 Å². The molecule has 3 fully saturated rings. The van der Waals surface area contributed by atoms with Gasteiger partial charge in [-0.1, -0.05) is 25.7 Å². The Balaban J connectivity index is 1.40.